The van der Waals surface area contributed by atoms with E-state index >= 15 is 0 Å². The number of likely N-dealkylation sites (tertiary alicyclic amines) is 1. The molecule has 2 amide bonds. The Bertz CT molecular complexity index is 693. The number of nitrogens with one attached hydrogen (secondary N) is 1. The normalized spacial score (nSPS) is 38.2. The van der Waals surface area contributed by atoms with Crippen LogP contribution >= 0.6 is 11.3 Å². The summed E-state index contributed by atoms with van der Waals surface area (Å²) in [4.78, 5) is 29.8. The third-order valence-corrected chi connectivity index (χ3v) is 8.69. The second-order valence-electron chi connectivity index (χ2n) is 9.60. The minimum atomic E-state index is -0.270. The highest BCUT2D eigenvalue weighted by molar-refractivity contribution is 7.10. The van der Waals surface area contributed by atoms with Gasteiger partial charge in [-0.3, -0.25) is 9.59 Å². The molecule has 1 aromatic rings. The molecule has 5 fully saturated rings. The number of nitrogens with zero attached hydrogens (tertiary/aromatic N) is 1. The molecule has 0 aromatic carbocycles. The zero-order chi connectivity index (χ0) is 18.6. The van der Waals surface area contributed by atoms with Gasteiger partial charge in [-0.25, -0.2) is 0 Å². The van der Waals surface area contributed by atoms with Crippen molar-refractivity contribution in [2.45, 2.75) is 70.4 Å². The van der Waals surface area contributed by atoms with Crippen molar-refractivity contribution in [2.75, 3.05) is 6.54 Å². The van der Waals surface area contributed by atoms with E-state index in [9.17, 15) is 9.59 Å². The van der Waals surface area contributed by atoms with Gasteiger partial charge in [-0.05, 0) is 87.5 Å². The van der Waals surface area contributed by atoms with Crippen molar-refractivity contribution in [3.05, 3.63) is 22.4 Å². The predicted molar refractivity (Wildman–Crippen MR) is 106 cm³/mol. The van der Waals surface area contributed by atoms with Gasteiger partial charge < -0.3 is 10.2 Å². The second-order valence-corrected chi connectivity index (χ2v) is 10.6. The van der Waals surface area contributed by atoms with Crippen molar-refractivity contribution < 1.29 is 9.59 Å². The van der Waals surface area contributed by atoms with Crippen molar-refractivity contribution in [1.29, 1.82) is 0 Å². The van der Waals surface area contributed by atoms with Gasteiger partial charge in [0.15, 0.2) is 0 Å². The quantitative estimate of drug-likeness (QED) is 0.846. The molecule has 0 unspecified atom stereocenters. The van der Waals surface area contributed by atoms with E-state index in [1.807, 2.05) is 23.3 Å². The highest BCUT2D eigenvalue weighted by Gasteiger charge is 2.56. The molecular formula is C22H30N2O2S. The van der Waals surface area contributed by atoms with E-state index in [0.29, 0.717) is 5.91 Å². The van der Waals surface area contributed by atoms with Gasteiger partial charge in [0.25, 0.3) is 0 Å². The van der Waals surface area contributed by atoms with Crippen molar-refractivity contribution in [2.24, 2.45) is 23.2 Å². The fourth-order valence-corrected chi connectivity index (χ4v) is 7.61. The fraction of sp³-hybridized carbons (Fsp3) is 0.727. The summed E-state index contributed by atoms with van der Waals surface area (Å²) >= 11 is 1.67. The van der Waals surface area contributed by atoms with Crippen molar-refractivity contribution >= 4 is 23.2 Å². The first-order chi connectivity index (χ1) is 13.0. The van der Waals surface area contributed by atoms with Crippen molar-refractivity contribution in [3.63, 3.8) is 0 Å². The maximum absolute atomic E-state index is 13.7. The Morgan fingerprint density at radius 1 is 1.19 bits per heavy atom. The number of hydrogen-bond acceptors (Lipinski definition) is 3. The Kier molecular flexibility index (Phi) is 4.34. The van der Waals surface area contributed by atoms with Gasteiger partial charge in [-0.2, -0.15) is 0 Å². The molecule has 146 valence electrons. The molecule has 1 aliphatic heterocycles. The molecule has 0 radical (unpaired) electrons. The van der Waals surface area contributed by atoms with Gasteiger partial charge in [-0.1, -0.05) is 6.07 Å². The number of rotatable bonds is 4. The third kappa shape index (κ3) is 3.02. The third-order valence-electron chi connectivity index (χ3n) is 7.64. The summed E-state index contributed by atoms with van der Waals surface area (Å²) in [7, 11) is 0. The second kappa shape index (κ2) is 6.61. The summed E-state index contributed by atoms with van der Waals surface area (Å²) in [5, 5.41) is 5.20. The first kappa shape index (κ1) is 17.7. The Morgan fingerprint density at radius 3 is 2.44 bits per heavy atom. The summed E-state index contributed by atoms with van der Waals surface area (Å²) in [5.74, 6) is 2.62. The van der Waals surface area contributed by atoms with Crippen molar-refractivity contribution in [1.82, 2.24) is 10.2 Å². The lowest BCUT2D eigenvalue weighted by molar-refractivity contribution is -0.160. The minimum absolute atomic E-state index is 0.00889. The summed E-state index contributed by atoms with van der Waals surface area (Å²) in [6.45, 7) is 2.79. The molecule has 6 rings (SSSR count). The first-order valence-electron chi connectivity index (χ1n) is 10.7. The average molecular weight is 387 g/mol. The minimum Gasteiger partial charge on any atom is -0.347 e. The van der Waals surface area contributed by atoms with E-state index in [4.69, 9.17) is 0 Å². The molecule has 4 aliphatic carbocycles. The van der Waals surface area contributed by atoms with Crippen LogP contribution in [0.25, 0.3) is 0 Å². The van der Waals surface area contributed by atoms with E-state index < -0.39 is 0 Å². The topological polar surface area (TPSA) is 49.4 Å². The molecule has 1 saturated heterocycles. The first-order valence-corrected chi connectivity index (χ1v) is 11.6. The Hall–Kier alpha value is -1.36. The fourth-order valence-electron chi connectivity index (χ4n) is 6.88. The zero-order valence-corrected chi connectivity index (χ0v) is 17.0. The molecule has 2 atom stereocenters. The maximum atomic E-state index is 13.7. The van der Waals surface area contributed by atoms with Crippen LogP contribution < -0.4 is 5.32 Å². The van der Waals surface area contributed by atoms with E-state index in [2.05, 4.69) is 11.4 Å². The highest BCUT2D eigenvalue weighted by Crippen LogP contribution is 2.60. The molecule has 4 bridgehead atoms. The molecular weight excluding hydrogens is 356 g/mol. The Morgan fingerprint density at radius 2 is 1.85 bits per heavy atom. The standard InChI is InChI=1S/C22H30N2O2S/c1-14(19-5-3-7-27-19)23-20(25)18-4-2-6-24(18)21(26)22-11-15-8-16(12-22)10-17(9-15)13-22/h3,5,7,14-18H,2,4,6,8-13H2,1H3,(H,23,25)/t14-,15?,16?,17?,18+,22?/m0/s1. The van der Waals surface area contributed by atoms with Crippen LogP contribution in [-0.2, 0) is 9.59 Å². The number of hydrogen-bond donors (Lipinski definition) is 1. The van der Waals surface area contributed by atoms with Crippen LogP contribution in [0.5, 0.6) is 0 Å². The molecule has 4 saturated carbocycles. The monoisotopic (exact) mass is 386 g/mol. The lowest BCUT2D eigenvalue weighted by Crippen LogP contribution is -2.57. The van der Waals surface area contributed by atoms with Crippen LogP contribution in [0.4, 0.5) is 0 Å². The summed E-state index contributed by atoms with van der Waals surface area (Å²) < 4.78 is 0. The number of thiophene rings is 1. The SMILES string of the molecule is C[C@H](NC(=O)[C@H]1CCCN1C(=O)C12CC3CC(CC(C3)C1)C2)c1cccs1. The van der Waals surface area contributed by atoms with Crippen LogP contribution in [-0.4, -0.2) is 29.3 Å². The predicted octanol–water partition coefficient (Wildman–Crippen LogP) is 4.13. The van der Waals surface area contributed by atoms with Gasteiger partial charge in [0, 0.05) is 11.4 Å². The zero-order valence-electron chi connectivity index (χ0n) is 16.2. The van der Waals surface area contributed by atoms with Crippen LogP contribution in [0, 0.1) is 23.2 Å². The van der Waals surface area contributed by atoms with Crippen molar-refractivity contribution in [3.8, 4) is 0 Å². The maximum Gasteiger partial charge on any atom is 0.243 e. The Balaban J connectivity index is 1.31. The Labute approximate surface area is 165 Å². The molecule has 2 heterocycles. The van der Waals surface area contributed by atoms with Gasteiger partial charge >= 0.3 is 0 Å². The number of carbonyl (C=O) groups excluding carboxylic acids is 2. The van der Waals surface area contributed by atoms with Crippen LogP contribution in [0.2, 0.25) is 0 Å². The van der Waals surface area contributed by atoms with E-state index in [0.717, 1.165) is 56.4 Å². The molecule has 1 N–H and O–H groups in total. The van der Waals surface area contributed by atoms with Gasteiger partial charge in [0.1, 0.15) is 6.04 Å². The molecule has 1 aromatic heterocycles. The van der Waals surface area contributed by atoms with Crippen LogP contribution in [0.1, 0.15) is 69.2 Å². The smallest absolute Gasteiger partial charge is 0.243 e. The number of amides is 2. The van der Waals surface area contributed by atoms with Gasteiger partial charge in [0.2, 0.25) is 11.8 Å². The lowest BCUT2D eigenvalue weighted by atomic mass is 9.49. The summed E-state index contributed by atoms with van der Waals surface area (Å²) in [6.07, 6.45) is 9.01. The highest BCUT2D eigenvalue weighted by atomic mass is 32.1. The van der Waals surface area contributed by atoms with E-state index in [-0.39, 0.29) is 23.4 Å². The van der Waals surface area contributed by atoms with E-state index in [1.165, 1.54) is 24.1 Å². The molecule has 4 nitrogen and oxygen atoms in total. The molecule has 5 heteroatoms. The van der Waals surface area contributed by atoms with E-state index in [1.54, 1.807) is 11.3 Å². The van der Waals surface area contributed by atoms with Gasteiger partial charge in [-0.15, -0.1) is 11.3 Å². The largest absolute Gasteiger partial charge is 0.347 e. The molecule has 0 spiro atoms. The summed E-state index contributed by atoms with van der Waals surface area (Å²) in [6, 6.07) is 3.81. The number of carbonyl (C=O) groups is 2. The van der Waals surface area contributed by atoms with Gasteiger partial charge in [0.05, 0.1) is 11.5 Å². The molecule has 5 aliphatic rings. The summed E-state index contributed by atoms with van der Waals surface area (Å²) in [5.41, 5.74) is -0.142. The molecule has 27 heavy (non-hydrogen) atoms. The van der Waals surface area contributed by atoms with Crippen LogP contribution in [0.15, 0.2) is 17.5 Å². The lowest BCUT2D eigenvalue weighted by Gasteiger charge is -2.56. The average Bonchev–Trinajstić information content (AvgIpc) is 3.31. The van der Waals surface area contributed by atoms with Crippen LogP contribution in [0.3, 0.4) is 0 Å².